The second kappa shape index (κ2) is 11.8. The summed E-state index contributed by atoms with van der Waals surface area (Å²) in [4.78, 5) is 27.1. The maximum Gasteiger partial charge on any atom is 0.459 e. The van der Waals surface area contributed by atoms with Crippen molar-refractivity contribution in [2.24, 2.45) is 0 Å². The van der Waals surface area contributed by atoms with E-state index in [1.807, 2.05) is 11.9 Å². The van der Waals surface area contributed by atoms with E-state index in [1.165, 1.54) is 25.4 Å². The van der Waals surface area contributed by atoms with E-state index < -0.39 is 56.3 Å². The Labute approximate surface area is 252 Å². The summed E-state index contributed by atoms with van der Waals surface area (Å²) in [6.45, 7) is 4.30. The van der Waals surface area contributed by atoms with Crippen molar-refractivity contribution >= 4 is 36.6 Å². The molecule has 2 aromatic heterocycles. The zero-order valence-electron chi connectivity index (χ0n) is 24.9. The summed E-state index contributed by atoms with van der Waals surface area (Å²) in [5.74, 6) is -3.65. The molecule has 0 amide bonds. The first kappa shape index (κ1) is 32.0. The number of anilines is 2. The second-order valence-electron chi connectivity index (χ2n) is 11.4. The van der Waals surface area contributed by atoms with Crippen LogP contribution in [0, 0.1) is 0 Å². The van der Waals surface area contributed by atoms with Crippen LogP contribution in [0.2, 0.25) is 0 Å². The lowest BCUT2D eigenvalue weighted by Crippen LogP contribution is -2.47. The summed E-state index contributed by atoms with van der Waals surface area (Å²) in [5.41, 5.74) is 3.53. The SMILES string of the molecule is CC(C)OC(=O)[C@H](C)NP(=O)(OC[C@@]1(F)O[C@@H](n2cnc3c(N(C)C4CC4)nc(N)nc32)[C@](C)(F)C1O)Oc1ccccc1. The maximum atomic E-state index is 16.3. The molecule has 0 bridgehead atoms. The van der Waals surface area contributed by atoms with Crippen LogP contribution in [-0.4, -0.2) is 80.1 Å². The number of benzene rings is 1. The maximum absolute atomic E-state index is 16.3. The van der Waals surface area contributed by atoms with Crippen LogP contribution in [0.3, 0.4) is 0 Å². The van der Waals surface area contributed by atoms with Crippen LogP contribution in [0.5, 0.6) is 5.75 Å². The number of esters is 1. The number of nitrogens with zero attached hydrogens (tertiary/aromatic N) is 5. The summed E-state index contributed by atoms with van der Waals surface area (Å²) >= 11 is 0. The highest BCUT2D eigenvalue weighted by molar-refractivity contribution is 7.52. The van der Waals surface area contributed by atoms with Gasteiger partial charge in [-0.15, -0.1) is 0 Å². The summed E-state index contributed by atoms with van der Waals surface area (Å²) in [6, 6.07) is 6.81. The molecular formula is C27H36F2N7O7P. The van der Waals surface area contributed by atoms with Crippen molar-refractivity contribution < 1.29 is 41.8 Å². The number of para-hydroxylation sites is 1. The van der Waals surface area contributed by atoms with Gasteiger partial charge in [0.1, 0.15) is 18.4 Å². The number of nitrogen functional groups attached to an aromatic ring is 1. The van der Waals surface area contributed by atoms with E-state index >= 15 is 8.78 Å². The average molecular weight is 640 g/mol. The third-order valence-electron chi connectivity index (χ3n) is 7.29. The third-order valence-corrected chi connectivity index (χ3v) is 8.92. The van der Waals surface area contributed by atoms with Crippen LogP contribution < -0.4 is 20.2 Å². The van der Waals surface area contributed by atoms with Crippen molar-refractivity contribution in [3.8, 4) is 5.75 Å². The Hall–Kier alpha value is -3.43. The number of fused-ring (bicyclic) bond motifs is 1. The first-order valence-corrected chi connectivity index (χ1v) is 15.6. The van der Waals surface area contributed by atoms with Gasteiger partial charge in [0.05, 0.1) is 12.4 Å². The van der Waals surface area contributed by atoms with Gasteiger partial charge < -0.3 is 29.7 Å². The second-order valence-corrected chi connectivity index (χ2v) is 13.1. The van der Waals surface area contributed by atoms with Crippen LogP contribution in [-0.2, 0) is 23.4 Å². The number of rotatable bonds is 12. The molecule has 2 aliphatic rings. The van der Waals surface area contributed by atoms with Crippen molar-refractivity contribution in [3.05, 3.63) is 36.7 Å². The number of hydrogen-bond donors (Lipinski definition) is 3. The Morgan fingerprint density at radius 3 is 2.59 bits per heavy atom. The number of ether oxygens (including phenoxy) is 2. The van der Waals surface area contributed by atoms with Crippen molar-refractivity contribution in [1.29, 1.82) is 0 Å². The fourth-order valence-electron chi connectivity index (χ4n) is 4.84. The Morgan fingerprint density at radius 1 is 1.27 bits per heavy atom. The molecule has 1 saturated heterocycles. The van der Waals surface area contributed by atoms with Crippen molar-refractivity contribution in [2.45, 2.75) is 82.6 Å². The van der Waals surface area contributed by atoms with Crippen molar-refractivity contribution in [2.75, 3.05) is 24.3 Å². The third kappa shape index (κ3) is 6.35. The number of nitrogens with two attached hydrogens (primary N) is 1. The number of aromatic nitrogens is 4. The molecule has 3 aromatic rings. The van der Waals surface area contributed by atoms with Gasteiger partial charge in [0.25, 0.3) is 5.85 Å². The van der Waals surface area contributed by atoms with Gasteiger partial charge in [-0.2, -0.15) is 15.1 Å². The Balaban J connectivity index is 1.41. The largest absolute Gasteiger partial charge is 0.462 e. The minimum atomic E-state index is -4.57. The predicted molar refractivity (Wildman–Crippen MR) is 155 cm³/mol. The van der Waals surface area contributed by atoms with Gasteiger partial charge in [-0.25, -0.2) is 18.3 Å². The zero-order chi connectivity index (χ0) is 32.0. The molecule has 0 radical (unpaired) electrons. The topological polar surface area (TPSA) is 176 Å². The van der Waals surface area contributed by atoms with Gasteiger partial charge >= 0.3 is 13.7 Å². The molecule has 14 nitrogen and oxygen atoms in total. The molecule has 4 N–H and O–H groups in total. The molecule has 6 atom stereocenters. The zero-order valence-corrected chi connectivity index (χ0v) is 25.8. The number of nitrogens with one attached hydrogen (secondary N) is 1. The van der Waals surface area contributed by atoms with Crippen molar-refractivity contribution in [3.63, 3.8) is 0 Å². The summed E-state index contributed by atoms with van der Waals surface area (Å²) in [6.07, 6.45) is -1.60. The monoisotopic (exact) mass is 639 g/mol. The molecular weight excluding hydrogens is 603 g/mol. The van der Waals surface area contributed by atoms with Crippen LogP contribution in [0.4, 0.5) is 20.5 Å². The summed E-state index contributed by atoms with van der Waals surface area (Å²) in [7, 11) is -2.75. The lowest BCUT2D eigenvalue weighted by Gasteiger charge is -2.28. The molecule has 3 heterocycles. The van der Waals surface area contributed by atoms with Crippen LogP contribution >= 0.6 is 7.75 Å². The van der Waals surface area contributed by atoms with E-state index in [9.17, 15) is 14.5 Å². The lowest BCUT2D eigenvalue weighted by atomic mass is 9.97. The predicted octanol–water partition coefficient (Wildman–Crippen LogP) is 3.42. The van der Waals surface area contributed by atoms with Crippen LogP contribution in [0.1, 0.15) is 46.8 Å². The average Bonchev–Trinajstić information content (AvgIpc) is 3.70. The standard InChI is InChI=1S/C27H36F2N7O7P/c1-15(2)41-22(37)16(3)34-44(39,43-18-9-7-6-8-10-18)40-13-27(29)23(38)26(4,28)24(42-27)36-14-31-19-20(35(5)17-11-12-17)32-25(30)33-21(19)36/h6-10,14-17,23-24,38H,11-13H2,1-5H3,(H,34,39)(H2,30,32,33)/t16-,23?,24+,26+,27+,44?/m0/s1. The first-order valence-electron chi connectivity index (χ1n) is 14.1. The van der Waals surface area contributed by atoms with Crippen LogP contribution in [0.15, 0.2) is 36.7 Å². The van der Waals surface area contributed by atoms with Gasteiger partial charge in [-0.3, -0.25) is 13.9 Å². The lowest BCUT2D eigenvalue weighted by molar-refractivity contribution is -0.202. The summed E-state index contributed by atoms with van der Waals surface area (Å²) < 4.78 is 69.0. The normalized spacial score (nSPS) is 27.3. The number of aliphatic hydroxyl groups excluding tert-OH is 1. The van der Waals surface area contributed by atoms with E-state index in [0.717, 1.165) is 24.3 Å². The highest BCUT2D eigenvalue weighted by Gasteiger charge is 2.65. The van der Waals surface area contributed by atoms with Crippen LogP contribution in [0.25, 0.3) is 11.2 Å². The molecule has 17 heteroatoms. The van der Waals surface area contributed by atoms with E-state index in [1.54, 1.807) is 32.0 Å². The number of hydrogen-bond acceptors (Lipinski definition) is 12. The molecule has 0 spiro atoms. The smallest absolute Gasteiger partial charge is 0.459 e. The Morgan fingerprint density at radius 2 is 1.95 bits per heavy atom. The van der Waals surface area contributed by atoms with E-state index in [0.29, 0.717) is 5.82 Å². The van der Waals surface area contributed by atoms with Crippen molar-refractivity contribution in [1.82, 2.24) is 24.6 Å². The molecule has 5 rings (SSSR count). The molecule has 1 aliphatic heterocycles. The van der Waals surface area contributed by atoms with Gasteiger partial charge in [-0.05, 0) is 52.7 Å². The number of aliphatic hydroxyl groups is 1. The highest BCUT2D eigenvalue weighted by Crippen LogP contribution is 2.52. The molecule has 1 aliphatic carbocycles. The number of carbonyl (C=O) groups is 1. The Bertz CT molecular complexity index is 1560. The minimum absolute atomic E-state index is 0.0588. The quantitative estimate of drug-likeness (QED) is 0.194. The van der Waals surface area contributed by atoms with Gasteiger partial charge in [0.15, 0.2) is 35.0 Å². The van der Waals surface area contributed by atoms with E-state index in [4.69, 9.17) is 24.3 Å². The van der Waals surface area contributed by atoms with Gasteiger partial charge in [0.2, 0.25) is 5.95 Å². The summed E-state index contributed by atoms with van der Waals surface area (Å²) in [5, 5.41) is 13.3. The molecule has 44 heavy (non-hydrogen) atoms. The Kier molecular flexibility index (Phi) is 8.59. The first-order chi connectivity index (χ1) is 20.6. The fraction of sp³-hybridized carbons (Fsp3) is 0.556. The van der Waals surface area contributed by atoms with E-state index in [2.05, 4.69) is 20.0 Å². The fourth-order valence-corrected chi connectivity index (χ4v) is 6.35. The highest BCUT2D eigenvalue weighted by atomic mass is 31.2. The number of carbonyl (C=O) groups excluding carboxylic acids is 1. The minimum Gasteiger partial charge on any atom is -0.462 e. The molecule has 1 saturated carbocycles. The number of imidazole rings is 1. The number of halogens is 2. The van der Waals surface area contributed by atoms with Gasteiger partial charge in [0, 0.05) is 13.1 Å². The molecule has 1 aromatic carbocycles. The molecule has 2 fully saturated rings. The molecule has 240 valence electrons. The van der Waals surface area contributed by atoms with Gasteiger partial charge in [-0.1, -0.05) is 18.2 Å². The molecule has 2 unspecified atom stereocenters. The number of alkyl halides is 2. The van der Waals surface area contributed by atoms with E-state index in [-0.39, 0.29) is 28.9 Å².